The van der Waals surface area contributed by atoms with E-state index in [1.54, 1.807) is 11.1 Å². The molecule has 3 aromatic rings. The molecule has 176 valence electrons. The number of aromatic nitrogens is 3. The molecule has 9 nitrogen and oxygen atoms in total. The van der Waals surface area contributed by atoms with Crippen LogP contribution in [0.5, 0.6) is 0 Å². The Kier molecular flexibility index (Phi) is 5.02. The lowest BCUT2D eigenvalue weighted by Crippen LogP contribution is -2.61. The average Bonchev–Trinajstić information content (AvgIpc) is 3.23. The Labute approximate surface area is 198 Å². The number of benzene rings is 1. The van der Waals surface area contributed by atoms with E-state index < -0.39 is 6.04 Å². The largest absolute Gasteiger partial charge is 0.379 e. The fraction of sp³-hybridized carbons (Fsp3) is 0.440. The summed E-state index contributed by atoms with van der Waals surface area (Å²) in [6.45, 7) is 4.37. The van der Waals surface area contributed by atoms with Gasteiger partial charge in [-0.1, -0.05) is 24.3 Å². The maximum atomic E-state index is 14.0. The van der Waals surface area contributed by atoms with Crippen LogP contribution in [0.2, 0.25) is 0 Å². The number of hydrogen-bond donors (Lipinski definition) is 2. The van der Waals surface area contributed by atoms with E-state index in [1.165, 1.54) is 0 Å². The predicted octanol–water partition coefficient (Wildman–Crippen LogP) is 1.78. The number of carbonyl (C=O) groups is 2. The topological polar surface area (TPSA) is 94.9 Å². The van der Waals surface area contributed by atoms with Gasteiger partial charge in [-0.3, -0.25) is 14.0 Å². The zero-order valence-electron chi connectivity index (χ0n) is 19.5. The zero-order valence-corrected chi connectivity index (χ0v) is 19.5. The van der Waals surface area contributed by atoms with Crippen LogP contribution < -0.4 is 10.6 Å². The molecule has 2 amide bonds. The molecule has 0 aliphatic carbocycles. The van der Waals surface area contributed by atoms with Crippen LogP contribution in [-0.4, -0.2) is 75.0 Å². The molecule has 0 saturated carbocycles. The molecule has 0 radical (unpaired) electrons. The molecule has 2 aromatic heterocycles. The van der Waals surface area contributed by atoms with Crippen molar-refractivity contribution in [3.63, 3.8) is 0 Å². The highest BCUT2D eigenvalue weighted by Crippen LogP contribution is 2.37. The van der Waals surface area contributed by atoms with Gasteiger partial charge in [-0.15, -0.1) is 10.2 Å². The summed E-state index contributed by atoms with van der Waals surface area (Å²) in [5.74, 6) is 0.490. The molecular weight excluding hydrogens is 430 g/mol. The first-order valence-electron chi connectivity index (χ1n) is 12.0. The zero-order chi connectivity index (χ0) is 23.4. The molecule has 3 aliphatic heterocycles. The second kappa shape index (κ2) is 8.09. The quantitative estimate of drug-likeness (QED) is 0.620. The second-order valence-corrected chi connectivity index (χ2v) is 9.70. The van der Waals surface area contributed by atoms with Crippen LogP contribution in [-0.2, 0) is 11.2 Å². The van der Waals surface area contributed by atoms with E-state index in [1.807, 2.05) is 29.5 Å². The number of aryl methyl sites for hydroxylation is 1. The summed E-state index contributed by atoms with van der Waals surface area (Å²) in [6, 6.07) is 9.63. The Morgan fingerprint density at radius 2 is 1.94 bits per heavy atom. The van der Waals surface area contributed by atoms with Crippen LogP contribution in [0.1, 0.15) is 46.2 Å². The molecule has 34 heavy (non-hydrogen) atoms. The van der Waals surface area contributed by atoms with Crippen molar-refractivity contribution in [3.05, 3.63) is 59.0 Å². The third-order valence-electron chi connectivity index (χ3n) is 7.51. The fourth-order valence-electron chi connectivity index (χ4n) is 5.59. The second-order valence-electron chi connectivity index (χ2n) is 9.70. The monoisotopic (exact) mass is 459 g/mol. The molecule has 1 aromatic carbocycles. The Morgan fingerprint density at radius 3 is 2.76 bits per heavy atom. The number of fused-ring (bicyclic) bond motifs is 5. The van der Waals surface area contributed by atoms with Crippen molar-refractivity contribution in [2.24, 2.45) is 0 Å². The summed E-state index contributed by atoms with van der Waals surface area (Å²) in [7, 11) is 2.14. The van der Waals surface area contributed by atoms with Gasteiger partial charge in [0.25, 0.3) is 5.91 Å². The SMILES string of the molecule is Cc1nnc2c(NC3CCN(C)CC3)cc(C(=O)N3[C@H]4Cc5ccccc5[C@@H]3CNC4=O)cn12. The summed E-state index contributed by atoms with van der Waals surface area (Å²) in [6.07, 6.45) is 4.39. The van der Waals surface area contributed by atoms with Crippen LogP contribution in [0, 0.1) is 6.92 Å². The molecule has 2 atom stereocenters. The fourth-order valence-corrected chi connectivity index (χ4v) is 5.59. The van der Waals surface area contributed by atoms with Gasteiger partial charge in [0.15, 0.2) is 5.65 Å². The maximum Gasteiger partial charge on any atom is 0.256 e. The van der Waals surface area contributed by atoms with Crippen LogP contribution in [0.3, 0.4) is 0 Å². The molecule has 2 bridgehead atoms. The molecule has 3 aliphatic rings. The lowest BCUT2D eigenvalue weighted by atomic mass is 9.85. The van der Waals surface area contributed by atoms with Crippen molar-refractivity contribution in [1.29, 1.82) is 0 Å². The molecular formula is C25H29N7O2. The van der Waals surface area contributed by atoms with E-state index in [4.69, 9.17) is 0 Å². The third kappa shape index (κ3) is 3.42. The molecule has 0 unspecified atom stereocenters. The highest BCUT2D eigenvalue weighted by Gasteiger charge is 2.44. The Balaban J connectivity index is 1.38. The molecule has 5 heterocycles. The van der Waals surface area contributed by atoms with Crippen molar-refractivity contribution in [2.45, 2.75) is 44.3 Å². The number of likely N-dealkylation sites (tertiary alicyclic amines) is 1. The smallest absolute Gasteiger partial charge is 0.256 e. The number of anilines is 1. The summed E-state index contributed by atoms with van der Waals surface area (Å²) in [5.41, 5.74) is 4.32. The van der Waals surface area contributed by atoms with E-state index in [0.717, 1.165) is 54.2 Å². The van der Waals surface area contributed by atoms with Gasteiger partial charge in [0, 0.05) is 25.2 Å². The first kappa shape index (κ1) is 21.1. The number of hydrogen-bond acceptors (Lipinski definition) is 6. The van der Waals surface area contributed by atoms with Crippen molar-refractivity contribution in [2.75, 3.05) is 32.0 Å². The lowest BCUT2D eigenvalue weighted by molar-refractivity contribution is -0.130. The molecule has 2 saturated heterocycles. The van der Waals surface area contributed by atoms with Gasteiger partial charge in [-0.05, 0) is 57.1 Å². The number of pyridine rings is 1. The van der Waals surface area contributed by atoms with Gasteiger partial charge in [0.2, 0.25) is 5.91 Å². The minimum Gasteiger partial charge on any atom is -0.379 e. The number of nitrogens with zero attached hydrogens (tertiary/aromatic N) is 5. The predicted molar refractivity (Wildman–Crippen MR) is 128 cm³/mol. The van der Waals surface area contributed by atoms with Crippen LogP contribution >= 0.6 is 0 Å². The number of amides is 2. The maximum absolute atomic E-state index is 14.0. The number of piperazine rings is 1. The third-order valence-corrected chi connectivity index (χ3v) is 7.51. The van der Waals surface area contributed by atoms with Crippen LogP contribution in [0.25, 0.3) is 5.65 Å². The summed E-state index contributed by atoms with van der Waals surface area (Å²) in [5, 5.41) is 15.2. The van der Waals surface area contributed by atoms with E-state index in [-0.39, 0.29) is 17.9 Å². The highest BCUT2D eigenvalue weighted by atomic mass is 16.2. The standard InChI is InChI=1S/C25H29N7O2/c1-15-28-29-23-20(27-18-7-9-30(2)10-8-18)11-17(14-31(15)23)25(34)32-21-12-16-5-3-4-6-19(16)22(32)13-26-24(21)33/h3-6,11,14,18,21-22,27H,7-10,12-13H2,1-2H3,(H,26,33)/t21-,22-/m0/s1. The number of nitrogens with one attached hydrogen (secondary N) is 2. The minimum atomic E-state index is -0.510. The number of piperidine rings is 1. The molecule has 2 fully saturated rings. The van der Waals surface area contributed by atoms with Crippen molar-refractivity contribution in [3.8, 4) is 0 Å². The molecule has 9 heteroatoms. The van der Waals surface area contributed by atoms with Gasteiger partial charge in [0.05, 0.1) is 17.3 Å². The van der Waals surface area contributed by atoms with Gasteiger partial charge in [0.1, 0.15) is 11.9 Å². The van der Waals surface area contributed by atoms with E-state index in [9.17, 15) is 9.59 Å². The molecule has 2 N–H and O–H groups in total. The summed E-state index contributed by atoms with van der Waals surface area (Å²) in [4.78, 5) is 30.9. The van der Waals surface area contributed by atoms with Crippen LogP contribution in [0.4, 0.5) is 5.69 Å². The van der Waals surface area contributed by atoms with Gasteiger partial charge in [-0.2, -0.15) is 0 Å². The van der Waals surface area contributed by atoms with E-state index in [2.05, 4.69) is 44.9 Å². The van der Waals surface area contributed by atoms with Crippen LogP contribution in [0.15, 0.2) is 36.5 Å². The Hall–Kier alpha value is -3.46. The first-order chi connectivity index (χ1) is 16.5. The van der Waals surface area contributed by atoms with E-state index in [0.29, 0.717) is 24.6 Å². The van der Waals surface area contributed by atoms with Crippen molar-refractivity contribution >= 4 is 23.1 Å². The summed E-state index contributed by atoms with van der Waals surface area (Å²) < 4.78 is 1.87. The Morgan fingerprint density at radius 1 is 1.15 bits per heavy atom. The minimum absolute atomic E-state index is 0.0923. The number of rotatable bonds is 3. The first-order valence-corrected chi connectivity index (χ1v) is 12.0. The lowest BCUT2D eigenvalue weighted by Gasteiger charge is -2.46. The van der Waals surface area contributed by atoms with Gasteiger partial charge in [-0.25, -0.2) is 0 Å². The average molecular weight is 460 g/mol. The van der Waals surface area contributed by atoms with E-state index >= 15 is 0 Å². The Bertz CT molecular complexity index is 1280. The van der Waals surface area contributed by atoms with Gasteiger partial charge >= 0.3 is 0 Å². The molecule has 6 rings (SSSR count). The highest BCUT2D eigenvalue weighted by molar-refractivity contribution is 6.00. The van der Waals surface area contributed by atoms with Crippen molar-refractivity contribution in [1.82, 2.24) is 29.7 Å². The van der Waals surface area contributed by atoms with Gasteiger partial charge < -0.3 is 20.4 Å². The normalized spacial score (nSPS) is 23.0. The number of carbonyl (C=O) groups excluding carboxylic acids is 2. The van der Waals surface area contributed by atoms with Crippen molar-refractivity contribution < 1.29 is 9.59 Å². The summed E-state index contributed by atoms with van der Waals surface area (Å²) >= 11 is 0. The molecule has 0 spiro atoms.